The highest BCUT2D eigenvalue weighted by Gasteiger charge is 2.36. The van der Waals surface area contributed by atoms with E-state index in [0.29, 0.717) is 0 Å². The first kappa shape index (κ1) is 12.6. The maximum atomic E-state index is 10.9. The average Bonchev–Trinajstić information content (AvgIpc) is 2.58. The van der Waals surface area contributed by atoms with Crippen LogP contribution in [0.15, 0.2) is 36.4 Å². The molecule has 3 nitrogen and oxygen atoms in total. The Labute approximate surface area is 124 Å². The third-order valence-corrected chi connectivity index (χ3v) is 4.50. The molecule has 0 spiro atoms. The van der Waals surface area contributed by atoms with Gasteiger partial charge in [-0.1, -0.05) is 19.9 Å². The maximum absolute atomic E-state index is 10.9. The first-order valence-corrected chi connectivity index (χ1v) is 7.08. The number of hydrogen-bond donors (Lipinski definition) is 0. The molecular weight excluding hydrogens is 353 g/mol. The molecular formula is C15H12INO2. The lowest BCUT2D eigenvalue weighted by molar-refractivity contribution is -0.384. The predicted molar refractivity (Wildman–Crippen MR) is 83.4 cm³/mol. The highest BCUT2D eigenvalue weighted by molar-refractivity contribution is 14.1. The minimum atomic E-state index is -0.330. The molecule has 0 bridgehead atoms. The summed E-state index contributed by atoms with van der Waals surface area (Å²) in [5, 5.41) is 10.9. The summed E-state index contributed by atoms with van der Waals surface area (Å²) in [6.07, 6.45) is 0. The van der Waals surface area contributed by atoms with Gasteiger partial charge in [-0.3, -0.25) is 10.1 Å². The highest BCUT2D eigenvalue weighted by atomic mass is 127. The van der Waals surface area contributed by atoms with E-state index in [1.807, 2.05) is 6.07 Å². The summed E-state index contributed by atoms with van der Waals surface area (Å²) in [5.41, 5.74) is 4.57. The second-order valence-corrected chi connectivity index (χ2v) is 6.55. The van der Waals surface area contributed by atoms with E-state index in [1.54, 1.807) is 12.1 Å². The van der Waals surface area contributed by atoms with Gasteiger partial charge in [0.25, 0.3) is 5.69 Å². The van der Waals surface area contributed by atoms with E-state index in [2.05, 4.69) is 54.6 Å². The minimum Gasteiger partial charge on any atom is -0.258 e. The third kappa shape index (κ3) is 1.77. The maximum Gasteiger partial charge on any atom is 0.269 e. The first-order valence-electron chi connectivity index (χ1n) is 6.00. The van der Waals surface area contributed by atoms with Gasteiger partial charge in [-0.15, -0.1) is 0 Å². The second-order valence-electron chi connectivity index (χ2n) is 5.30. The lowest BCUT2D eigenvalue weighted by Crippen LogP contribution is -2.15. The Balaban J connectivity index is 2.30. The zero-order valence-corrected chi connectivity index (χ0v) is 12.8. The van der Waals surface area contributed by atoms with Crippen molar-refractivity contribution in [1.82, 2.24) is 0 Å². The van der Waals surface area contributed by atoms with Crippen LogP contribution < -0.4 is 0 Å². The van der Waals surface area contributed by atoms with Gasteiger partial charge in [0.15, 0.2) is 0 Å². The van der Waals surface area contributed by atoms with Crippen LogP contribution in [0.25, 0.3) is 11.1 Å². The van der Waals surface area contributed by atoms with Gasteiger partial charge in [-0.2, -0.15) is 0 Å². The number of halogens is 1. The smallest absolute Gasteiger partial charge is 0.258 e. The molecule has 0 heterocycles. The topological polar surface area (TPSA) is 43.1 Å². The molecule has 19 heavy (non-hydrogen) atoms. The Morgan fingerprint density at radius 2 is 1.63 bits per heavy atom. The summed E-state index contributed by atoms with van der Waals surface area (Å²) in [5.74, 6) is 0. The summed E-state index contributed by atoms with van der Waals surface area (Å²) < 4.78 is 1.19. The molecule has 0 atom stereocenters. The molecule has 3 rings (SSSR count). The number of nitro benzene ring substituents is 1. The van der Waals surface area contributed by atoms with Gasteiger partial charge in [-0.25, -0.2) is 0 Å². The molecule has 0 aliphatic heterocycles. The molecule has 96 valence electrons. The number of hydrogen-bond acceptors (Lipinski definition) is 2. The Kier molecular flexibility index (Phi) is 2.67. The van der Waals surface area contributed by atoms with Crippen molar-refractivity contribution < 1.29 is 4.92 Å². The summed E-state index contributed by atoms with van der Waals surface area (Å²) >= 11 is 2.30. The number of fused-ring (bicyclic) bond motifs is 3. The van der Waals surface area contributed by atoms with E-state index in [0.717, 1.165) is 11.1 Å². The van der Waals surface area contributed by atoms with Gasteiger partial charge in [0.2, 0.25) is 0 Å². The van der Waals surface area contributed by atoms with Gasteiger partial charge in [-0.05, 0) is 63.0 Å². The fourth-order valence-electron chi connectivity index (χ4n) is 2.81. The summed E-state index contributed by atoms with van der Waals surface area (Å²) in [4.78, 5) is 10.6. The average molecular weight is 365 g/mol. The SMILES string of the molecule is CC1(C)c2cc(I)ccc2-c2ccc([N+](=O)[O-])cc21. The Morgan fingerprint density at radius 3 is 2.26 bits per heavy atom. The van der Waals surface area contributed by atoms with Crippen molar-refractivity contribution >= 4 is 28.3 Å². The van der Waals surface area contributed by atoms with Crippen molar-refractivity contribution in [3.8, 4) is 11.1 Å². The van der Waals surface area contributed by atoms with Gasteiger partial charge < -0.3 is 0 Å². The van der Waals surface area contributed by atoms with E-state index < -0.39 is 0 Å². The fourth-order valence-corrected chi connectivity index (χ4v) is 3.30. The lowest BCUT2D eigenvalue weighted by atomic mass is 9.82. The molecule has 1 aliphatic rings. The molecule has 1 aliphatic carbocycles. The summed E-state index contributed by atoms with van der Waals surface area (Å²) in [6, 6.07) is 11.5. The standard InChI is InChI=1S/C15H12INO2/c1-15(2)13-7-9(16)3-5-11(13)12-6-4-10(17(18)19)8-14(12)15/h3-8H,1-2H3. The molecule has 0 radical (unpaired) electrons. The van der Waals surface area contributed by atoms with Crippen LogP contribution in [-0.2, 0) is 5.41 Å². The lowest BCUT2D eigenvalue weighted by Gasteiger charge is -2.21. The molecule has 0 saturated heterocycles. The van der Waals surface area contributed by atoms with Gasteiger partial charge in [0, 0.05) is 21.1 Å². The van der Waals surface area contributed by atoms with E-state index in [-0.39, 0.29) is 16.0 Å². The number of nitro groups is 1. The Hall–Kier alpha value is -1.43. The minimum absolute atomic E-state index is 0.161. The molecule has 2 aromatic rings. The van der Waals surface area contributed by atoms with E-state index in [9.17, 15) is 10.1 Å². The van der Waals surface area contributed by atoms with Crippen LogP contribution in [0, 0.1) is 13.7 Å². The second kappa shape index (κ2) is 4.03. The van der Waals surface area contributed by atoms with Crippen LogP contribution in [-0.4, -0.2) is 4.92 Å². The largest absolute Gasteiger partial charge is 0.269 e. The van der Waals surface area contributed by atoms with Crippen molar-refractivity contribution in [1.29, 1.82) is 0 Å². The number of rotatable bonds is 1. The Bertz CT molecular complexity index is 707. The zero-order chi connectivity index (χ0) is 13.8. The predicted octanol–water partition coefficient (Wildman–Crippen LogP) is 4.51. The van der Waals surface area contributed by atoms with Crippen LogP contribution in [0.3, 0.4) is 0 Å². The van der Waals surface area contributed by atoms with E-state index >= 15 is 0 Å². The van der Waals surface area contributed by atoms with E-state index in [1.165, 1.54) is 14.7 Å². The van der Waals surface area contributed by atoms with E-state index in [4.69, 9.17) is 0 Å². The van der Waals surface area contributed by atoms with Gasteiger partial charge in [0.1, 0.15) is 0 Å². The number of non-ortho nitro benzene ring substituents is 1. The van der Waals surface area contributed by atoms with Crippen LogP contribution in [0.4, 0.5) is 5.69 Å². The molecule has 0 unspecified atom stereocenters. The quantitative estimate of drug-likeness (QED) is 0.424. The summed E-state index contributed by atoms with van der Waals surface area (Å²) in [6.45, 7) is 4.24. The number of benzene rings is 2. The van der Waals surface area contributed by atoms with Crippen molar-refractivity contribution in [2.75, 3.05) is 0 Å². The molecule has 0 saturated carbocycles. The van der Waals surface area contributed by atoms with Gasteiger partial charge in [0.05, 0.1) is 4.92 Å². The van der Waals surface area contributed by atoms with Crippen LogP contribution in [0.2, 0.25) is 0 Å². The van der Waals surface area contributed by atoms with Crippen molar-refractivity contribution in [3.05, 3.63) is 61.2 Å². The monoisotopic (exact) mass is 365 g/mol. The van der Waals surface area contributed by atoms with Crippen LogP contribution >= 0.6 is 22.6 Å². The van der Waals surface area contributed by atoms with Crippen molar-refractivity contribution in [3.63, 3.8) is 0 Å². The van der Waals surface area contributed by atoms with Crippen LogP contribution in [0.1, 0.15) is 25.0 Å². The number of nitrogens with zero attached hydrogens (tertiary/aromatic N) is 1. The van der Waals surface area contributed by atoms with Gasteiger partial charge >= 0.3 is 0 Å². The van der Waals surface area contributed by atoms with Crippen molar-refractivity contribution in [2.45, 2.75) is 19.3 Å². The van der Waals surface area contributed by atoms with Crippen LogP contribution in [0.5, 0.6) is 0 Å². The highest BCUT2D eigenvalue weighted by Crippen LogP contribution is 2.49. The summed E-state index contributed by atoms with van der Waals surface area (Å²) in [7, 11) is 0. The first-order chi connectivity index (χ1) is 8.91. The molecule has 4 heteroatoms. The molecule has 0 N–H and O–H groups in total. The molecule has 0 aromatic heterocycles. The fraction of sp³-hybridized carbons (Fsp3) is 0.200. The zero-order valence-electron chi connectivity index (χ0n) is 10.6. The third-order valence-electron chi connectivity index (χ3n) is 3.83. The van der Waals surface area contributed by atoms with Crippen molar-refractivity contribution in [2.24, 2.45) is 0 Å². The normalized spacial score (nSPS) is 14.9. The molecule has 2 aromatic carbocycles. The molecule has 0 fully saturated rings. The molecule has 0 amide bonds. The Morgan fingerprint density at radius 1 is 1.05 bits per heavy atom.